The molecule has 1 amide bonds. The van der Waals surface area contributed by atoms with Crippen molar-refractivity contribution in [1.82, 2.24) is 14.8 Å². The number of hydrogen-bond acceptors (Lipinski definition) is 4. The van der Waals surface area contributed by atoms with Gasteiger partial charge in [0.25, 0.3) is 0 Å². The van der Waals surface area contributed by atoms with E-state index < -0.39 is 5.76 Å². The van der Waals surface area contributed by atoms with Gasteiger partial charge in [0.05, 0.1) is 5.52 Å². The van der Waals surface area contributed by atoms with Crippen molar-refractivity contribution in [2.75, 3.05) is 19.6 Å². The van der Waals surface area contributed by atoms with Gasteiger partial charge in [-0.1, -0.05) is 36.4 Å². The number of aromatic nitrogens is 1. The first-order valence-electron chi connectivity index (χ1n) is 8.85. The number of carbonyl (C=O) groups excluding carboxylic acids is 1. The zero-order chi connectivity index (χ0) is 17.9. The number of para-hydroxylation sites is 2. The lowest BCUT2D eigenvalue weighted by Crippen LogP contribution is -2.39. The molecule has 2 heterocycles. The summed E-state index contributed by atoms with van der Waals surface area (Å²) in [7, 11) is 0. The number of oxazole rings is 1. The van der Waals surface area contributed by atoms with Gasteiger partial charge in [-0.3, -0.25) is 14.3 Å². The molecule has 4 rings (SSSR count). The molecule has 3 aromatic rings. The Hall–Kier alpha value is -2.86. The Balaban J connectivity index is 1.31. The normalized spacial score (nSPS) is 14.3. The Kier molecular flexibility index (Phi) is 4.58. The monoisotopic (exact) mass is 351 g/mol. The second-order valence-electron chi connectivity index (χ2n) is 6.57. The van der Waals surface area contributed by atoms with Crippen molar-refractivity contribution < 1.29 is 9.21 Å². The predicted molar refractivity (Wildman–Crippen MR) is 98.9 cm³/mol. The van der Waals surface area contributed by atoms with E-state index >= 15 is 0 Å². The van der Waals surface area contributed by atoms with Crippen molar-refractivity contribution >= 4 is 17.0 Å². The third-order valence-corrected chi connectivity index (χ3v) is 4.84. The van der Waals surface area contributed by atoms with E-state index in [1.807, 2.05) is 6.07 Å². The van der Waals surface area contributed by atoms with Crippen molar-refractivity contribution in [3.8, 4) is 0 Å². The zero-order valence-corrected chi connectivity index (χ0v) is 14.5. The number of hydrogen-bond donors (Lipinski definition) is 1. The lowest BCUT2D eigenvalue weighted by Gasteiger charge is -2.28. The molecule has 1 aromatic heterocycles. The molecule has 1 N–H and O–H groups in total. The SMILES string of the molecule is O=C(Cn1c(=O)oc2ccccc21)NCCN1CCc2ccccc2C1. The first kappa shape index (κ1) is 16.6. The summed E-state index contributed by atoms with van der Waals surface area (Å²) in [4.78, 5) is 26.5. The average Bonchev–Trinajstić information content (AvgIpc) is 2.97. The maximum Gasteiger partial charge on any atom is 0.420 e. The Morgan fingerprint density at radius 3 is 2.73 bits per heavy atom. The van der Waals surface area contributed by atoms with E-state index in [9.17, 15) is 9.59 Å². The standard InChI is InChI=1S/C20H21N3O3/c24-19(14-23-17-7-3-4-8-18(17)26-20(23)25)21-10-12-22-11-9-15-5-1-2-6-16(15)13-22/h1-8H,9-14H2,(H,21,24). The third kappa shape index (κ3) is 3.41. The van der Waals surface area contributed by atoms with Gasteiger partial charge in [-0.25, -0.2) is 4.79 Å². The van der Waals surface area contributed by atoms with Gasteiger partial charge >= 0.3 is 5.76 Å². The highest BCUT2D eigenvalue weighted by Gasteiger charge is 2.16. The Bertz CT molecular complexity index is 989. The molecule has 0 spiro atoms. The van der Waals surface area contributed by atoms with Crippen LogP contribution in [0.1, 0.15) is 11.1 Å². The molecule has 0 radical (unpaired) electrons. The Labute approximate surface area is 151 Å². The first-order valence-corrected chi connectivity index (χ1v) is 8.85. The molecular weight excluding hydrogens is 330 g/mol. The second-order valence-corrected chi connectivity index (χ2v) is 6.57. The minimum Gasteiger partial charge on any atom is -0.408 e. The molecule has 0 aliphatic carbocycles. The topological polar surface area (TPSA) is 67.5 Å². The number of fused-ring (bicyclic) bond motifs is 2. The van der Waals surface area contributed by atoms with Gasteiger partial charge in [0.2, 0.25) is 5.91 Å². The Morgan fingerprint density at radius 1 is 1.08 bits per heavy atom. The van der Waals surface area contributed by atoms with Crippen LogP contribution in [-0.4, -0.2) is 35.0 Å². The van der Waals surface area contributed by atoms with Crippen LogP contribution in [0.3, 0.4) is 0 Å². The van der Waals surface area contributed by atoms with Gasteiger partial charge in [-0.15, -0.1) is 0 Å². The van der Waals surface area contributed by atoms with Crippen molar-refractivity contribution in [3.05, 3.63) is 70.2 Å². The summed E-state index contributed by atoms with van der Waals surface area (Å²) in [6, 6.07) is 15.6. The van der Waals surface area contributed by atoms with Crippen LogP contribution in [-0.2, 0) is 24.3 Å². The van der Waals surface area contributed by atoms with Gasteiger partial charge in [0.1, 0.15) is 6.54 Å². The van der Waals surface area contributed by atoms with E-state index in [0.717, 1.165) is 26.1 Å². The lowest BCUT2D eigenvalue weighted by molar-refractivity contribution is -0.121. The third-order valence-electron chi connectivity index (χ3n) is 4.84. The van der Waals surface area contributed by atoms with Crippen LogP contribution < -0.4 is 11.1 Å². The summed E-state index contributed by atoms with van der Waals surface area (Å²) < 4.78 is 6.51. The second kappa shape index (κ2) is 7.17. The largest absolute Gasteiger partial charge is 0.420 e. The molecule has 0 unspecified atom stereocenters. The van der Waals surface area contributed by atoms with E-state index in [-0.39, 0.29) is 12.5 Å². The zero-order valence-electron chi connectivity index (χ0n) is 14.5. The molecule has 0 atom stereocenters. The number of amides is 1. The van der Waals surface area contributed by atoms with Crippen molar-refractivity contribution in [2.45, 2.75) is 19.5 Å². The molecule has 0 fully saturated rings. The molecule has 0 saturated heterocycles. The van der Waals surface area contributed by atoms with Gasteiger partial charge in [0, 0.05) is 26.2 Å². The number of rotatable bonds is 5. The van der Waals surface area contributed by atoms with Crippen LogP contribution in [0.4, 0.5) is 0 Å². The van der Waals surface area contributed by atoms with E-state index in [1.165, 1.54) is 15.7 Å². The van der Waals surface area contributed by atoms with Crippen LogP contribution in [0, 0.1) is 0 Å². The number of nitrogens with one attached hydrogen (secondary N) is 1. The number of nitrogens with zero attached hydrogens (tertiary/aromatic N) is 2. The average molecular weight is 351 g/mol. The highest BCUT2D eigenvalue weighted by Crippen LogP contribution is 2.17. The van der Waals surface area contributed by atoms with Gasteiger partial charge in [-0.05, 0) is 29.7 Å². The molecule has 26 heavy (non-hydrogen) atoms. The molecule has 1 aliphatic heterocycles. The maximum atomic E-state index is 12.2. The van der Waals surface area contributed by atoms with Crippen LogP contribution >= 0.6 is 0 Å². The maximum absolute atomic E-state index is 12.2. The minimum absolute atomic E-state index is 0.0291. The Morgan fingerprint density at radius 2 is 1.85 bits per heavy atom. The highest BCUT2D eigenvalue weighted by atomic mass is 16.4. The van der Waals surface area contributed by atoms with Crippen LogP contribution in [0.5, 0.6) is 0 Å². The summed E-state index contributed by atoms with van der Waals surface area (Å²) >= 11 is 0. The summed E-state index contributed by atoms with van der Waals surface area (Å²) in [6.07, 6.45) is 1.04. The fraction of sp³-hybridized carbons (Fsp3) is 0.300. The van der Waals surface area contributed by atoms with E-state index in [2.05, 4.69) is 34.5 Å². The van der Waals surface area contributed by atoms with Crippen molar-refractivity contribution in [1.29, 1.82) is 0 Å². The molecule has 0 bridgehead atoms. The molecule has 6 nitrogen and oxygen atoms in total. The summed E-state index contributed by atoms with van der Waals surface area (Å²) in [6.45, 7) is 3.24. The smallest absolute Gasteiger partial charge is 0.408 e. The number of benzene rings is 2. The molecule has 0 saturated carbocycles. The molecule has 2 aromatic carbocycles. The highest BCUT2D eigenvalue weighted by molar-refractivity contribution is 5.79. The predicted octanol–water partition coefficient (Wildman–Crippen LogP) is 1.77. The molecule has 6 heteroatoms. The van der Waals surface area contributed by atoms with Crippen LogP contribution in [0.25, 0.3) is 11.1 Å². The molecular formula is C20H21N3O3. The quantitative estimate of drug-likeness (QED) is 0.761. The van der Waals surface area contributed by atoms with E-state index in [1.54, 1.807) is 18.2 Å². The van der Waals surface area contributed by atoms with E-state index in [4.69, 9.17) is 4.42 Å². The van der Waals surface area contributed by atoms with Crippen LogP contribution in [0.2, 0.25) is 0 Å². The minimum atomic E-state index is -0.506. The van der Waals surface area contributed by atoms with Gasteiger partial charge < -0.3 is 9.73 Å². The van der Waals surface area contributed by atoms with Gasteiger partial charge in [0.15, 0.2) is 5.58 Å². The number of carbonyl (C=O) groups is 1. The lowest BCUT2D eigenvalue weighted by atomic mass is 10.00. The summed E-state index contributed by atoms with van der Waals surface area (Å²) in [5.41, 5.74) is 3.91. The summed E-state index contributed by atoms with van der Waals surface area (Å²) in [5, 5.41) is 2.90. The van der Waals surface area contributed by atoms with Crippen molar-refractivity contribution in [3.63, 3.8) is 0 Å². The summed E-state index contributed by atoms with van der Waals surface area (Å²) in [5.74, 6) is -0.690. The molecule has 134 valence electrons. The van der Waals surface area contributed by atoms with E-state index in [0.29, 0.717) is 17.6 Å². The van der Waals surface area contributed by atoms with Crippen molar-refractivity contribution in [2.24, 2.45) is 0 Å². The first-order chi connectivity index (χ1) is 12.7. The van der Waals surface area contributed by atoms with Gasteiger partial charge in [-0.2, -0.15) is 0 Å². The van der Waals surface area contributed by atoms with Crippen LogP contribution in [0.15, 0.2) is 57.7 Å². The fourth-order valence-electron chi connectivity index (χ4n) is 3.46. The fourth-order valence-corrected chi connectivity index (χ4v) is 3.46. The molecule has 1 aliphatic rings.